The van der Waals surface area contributed by atoms with Crippen molar-refractivity contribution in [2.24, 2.45) is 0 Å². The molecule has 7 heteroatoms. The molecule has 6 nitrogen and oxygen atoms in total. The highest BCUT2D eigenvalue weighted by Gasteiger charge is 2.27. The molecule has 1 saturated heterocycles. The molecule has 1 heterocycles. The third-order valence-corrected chi connectivity index (χ3v) is 4.69. The number of carbonyl (C=O) groups is 1. The molecule has 0 spiro atoms. The highest BCUT2D eigenvalue weighted by molar-refractivity contribution is 5.98. The maximum absolute atomic E-state index is 14.0. The van der Waals surface area contributed by atoms with Crippen LogP contribution in [0.4, 0.5) is 10.1 Å². The van der Waals surface area contributed by atoms with E-state index in [4.69, 9.17) is 14.2 Å². The second kappa shape index (κ2) is 8.16. The summed E-state index contributed by atoms with van der Waals surface area (Å²) < 4.78 is 30.0. The lowest BCUT2D eigenvalue weighted by Gasteiger charge is -2.36. The molecule has 0 unspecified atom stereocenters. The Kier molecular flexibility index (Phi) is 5.69. The van der Waals surface area contributed by atoms with Crippen LogP contribution in [0.2, 0.25) is 0 Å². The molecule has 1 fully saturated rings. The van der Waals surface area contributed by atoms with E-state index in [9.17, 15) is 9.18 Å². The van der Waals surface area contributed by atoms with Crippen molar-refractivity contribution in [2.45, 2.75) is 0 Å². The number of methoxy groups -OCH3 is 3. The topological polar surface area (TPSA) is 51.2 Å². The summed E-state index contributed by atoms with van der Waals surface area (Å²) in [5.41, 5.74) is 0.975. The molecule has 1 amide bonds. The predicted octanol–water partition coefficient (Wildman–Crippen LogP) is 2.81. The Morgan fingerprint density at radius 3 is 2.15 bits per heavy atom. The monoisotopic (exact) mass is 374 g/mol. The quantitative estimate of drug-likeness (QED) is 0.806. The van der Waals surface area contributed by atoms with Crippen LogP contribution in [0, 0.1) is 5.82 Å². The third-order valence-electron chi connectivity index (χ3n) is 4.69. The van der Waals surface area contributed by atoms with Crippen LogP contribution >= 0.6 is 0 Å². The normalized spacial score (nSPS) is 14.1. The molecule has 0 bridgehead atoms. The van der Waals surface area contributed by atoms with Gasteiger partial charge in [-0.3, -0.25) is 4.79 Å². The van der Waals surface area contributed by atoms with E-state index >= 15 is 0 Å². The lowest BCUT2D eigenvalue weighted by atomic mass is 10.1. The molecule has 0 saturated carbocycles. The first-order valence-electron chi connectivity index (χ1n) is 8.68. The molecule has 1 aliphatic rings. The van der Waals surface area contributed by atoms with Crippen molar-refractivity contribution in [3.63, 3.8) is 0 Å². The smallest absolute Gasteiger partial charge is 0.257 e. The van der Waals surface area contributed by atoms with Crippen LogP contribution in [0.25, 0.3) is 0 Å². The Balaban J connectivity index is 1.77. The number of halogens is 1. The van der Waals surface area contributed by atoms with Gasteiger partial charge in [-0.1, -0.05) is 12.1 Å². The first-order chi connectivity index (χ1) is 13.1. The summed E-state index contributed by atoms with van der Waals surface area (Å²) in [7, 11) is 4.52. The zero-order chi connectivity index (χ0) is 19.4. The van der Waals surface area contributed by atoms with E-state index < -0.39 is 0 Å². The standard InChI is InChI=1S/C20H23FN2O4/c1-25-17-9-8-14(18(26-2)19(17)27-3)20(24)23-12-10-22(11-13-23)16-7-5-4-6-15(16)21/h4-9H,10-13H2,1-3H3. The van der Waals surface area contributed by atoms with Crippen molar-refractivity contribution in [3.05, 3.63) is 47.8 Å². The third kappa shape index (κ3) is 3.63. The molecule has 0 N–H and O–H groups in total. The summed E-state index contributed by atoms with van der Waals surface area (Å²) in [4.78, 5) is 16.7. The molecule has 144 valence electrons. The van der Waals surface area contributed by atoms with Crippen LogP contribution in [0.1, 0.15) is 10.4 Å². The Hall–Kier alpha value is -2.96. The van der Waals surface area contributed by atoms with Crippen LogP contribution in [0.15, 0.2) is 36.4 Å². The Morgan fingerprint density at radius 1 is 0.889 bits per heavy atom. The summed E-state index contributed by atoms with van der Waals surface area (Å²) >= 11 is 0. The minimum absolute atomic E-state index is 0.152. The second-order valence-corrected chi connectivity index (χ2v) is 6.11. The van der Waals surface area contributed by atoms with Gasteiger partial charge in [0, 0.05) is 26.2 Å². The maximum Gasteiger partial charge on any atom is 0.257 e. The number of ether oxygens (including phenoxy) is 3. The molecule has 0 atom stereocenters. The van der Waals surface area contributed by atoms with Crippen LogP contribution in [-0.2, 0) is 0 Å². The van der Waals surface area contributed by atoms with E-state index in [2.05, 4.69) is 0 Å². The number of benzene rings is 2. The lowest BCUT2D eigenvalue weighted by Crippen LogP contribution is -2.49. The fourth-order valence-electron chi connectivity index (χ4n) is 3.30. The molecular weight excluding hydrogens is 351 g/mol. The van der Waals surface area contributed by atoms with Gasteiger partial charge >= 0.3 is 0 Å². The van der Waals surface area contributed by atoms with E-state index in [1.54, 1.807) is 29.2 Å². The highest BCUT2D eigenvalue weighted by Crippen LogP contribution is 2.40. The first kappa shape index (κ1) is 18.8. The highest BCUT2D eigenvalue weighted by atomic mass is 19.1. The van der Waals surface area contributed by atoms with Gasteiger partial charge < -0.3 is 24.0 Å². The lowest BCUT2D eigenvalue weighted by molar-refractivity contribution is 0.0742. The van der Waals surface area contributed by atoms with Gasteiger partial charge in [0.2, 0.25) is 5.75 Å². The van der Waals surface area contributed by atoms with Crippen LogP contribution in [-0.4, -0.2) is 58.3 Å². The van der Waals surface area contributed by atoms with Gasteiger partial charge in [-0.15, -0.1) is 0 Å². The number of rotatable bonds is 5. The van der Waals surface area contributed by atoms with Crippen molar-refractivity contribution in [1.29, 1.82) is 0 Å². The van der Waals surface area contributed by atoms with Gasteiger partial charge in [0.15, 0.2) is 11.5 Å². The number of amides is 1. The van der Waals surface area contributed by atoms with Gasteiger partial charge in [-0.25, -0.2) is 4.39 Å². The average molecular weight is 374 g/mol. The minimum Gasteiger partial charge on any atom is -0.493 e. The Morgan fingerprint density at radius 2 is 1.56 bits per heavy atom. The average Bonchev–Trinajstić information content (AvgIpc) is 2.72. The number of nitrogens with zero attached hydrogens (tertiary/aromatic N) is 2. The maximum atomic E-state index is 14.0. The summed E-state index contributed by atoms with van der Waals surface area (Å²) in [5, 5.41) is 0. The van der Waals surface area contributed by atoms with E-state index in [0.717, 1.165) is 0 Å². The zero-order valence-electron chi connectivity index (χ0n) is 15.7. The Bertz CT molecular complexity index is 820. The van der Waals surface area contributed by atoms with Gasteiger partial charge in [0.05, 0.1) is 32.6 Å². The number of hydrogen-bond acceptors (Lipinski definition) is 5. The minimum atomic E-state index is -0.251. The molecule has 27 heavy (non-hydrogen) atoms. The van der Waals surface area contributed by atoms with Crippen LogP contribution in [0.5, 0.6) is 17.2 Å². The van der Waals surface area contributed by atoms with Crippen molar-refractivity contribution in [1.82, 2.24) is 4.90 Å². The second-order valence-electron chi connectivity index (χ2n) is 6.11. The SMILES string of the molecule is COc1ccc(C(=O)N2CCN(c3ccccc3F)CC2)c(OC)c1OC. The van der Waals surface area contributed by atoms with Crippen molar-refractivity contribution in [2.75, 3.05) is 52.4 Å². The van der Waals surface area contributed by atoms with E-state index in [1.807, 2.05) is 11.0 Å². The number of anilines is 1. The number of hydrogen-bond donors (Lipinski definition) is 0. The molecule has 1 aliphatic heterocycles. The molecule has 3 rings (SSSR count). The molecule has 0 aliphatic carbocycles. The largest absolute Gasteiger partial charge is 0.493 e. The molecule has 2 aromatic rings. The van der Waals surface area contributed by atoms with Crippen molar-refractivity contribution >= 4 is 11.6 Å². The summed E-state index contributed by atoms with van der Waals surface area (Å²) in [6.45, 7) is 2.10. The van der Waals surface area contributed by atoms with Gasteiger partial charge in [0.1, 0.15) is 5.82 Å². The van der Waals surface area contributed by atoms with Gasteiger partial charge in [-0.05, 0) is 24.3 Å². The number of carbonyl (C=O) groups excluding carboxylic acids is 1. The fourth-order valence-corrected chi connectivity index (χ4v) is 3.30. The molecule has 2 aromatic carbocycles. The van der Waals surface area contributed by atoms with Crippen LogP contribution < -0.4 is 19.1 Å². The summed E-state index contributed by atoms with van der Waals surface area (Å²) in [5.74, 6) is 0.823. The zero-order valence-corrected chi connectivity index (χ0v) is 15.7. The van der Waals surface area contributed by atoms with E-state index in [0.29, 0.717) is 54.7 Å². The predicted molar refractivity (Wildman–Crippen MR) is 101 cm³/mol. The summed E-state index contributed by atoms with van der Waals surface area (Å²) in [6.07, 6.45) is 0. The fraction of sp³-hybridized carbons (Fsp3) is 0.350. The first-order valence-corrected chi connectivity index (χ1v) is 8.68. The number of para-hydroxylation sites is 1. The van der Waals surface area contributed by atoms with Crippen molar-refractivity contribution in [3.8, 4) is 17.2 Å². The molecule has 0 radical (unpaired) electrons. The molecule has 0 aromatic heterocycles. The van der Waals surface area contributed by atoms with Gasteiger partial charge in [0.25, 0.3) is 5.91 Å². The van der Waals surface area contributed by atoms with E-state index in [-0.39, 0.29) is 11.7 Å². The molecular formula is C20H23FN2O4. The number of piperazine rings is 1. The van der Waals surface area contributed by atoms with Crippen LogP contribution in [0.3, 0.4) is 0 Å². The summed E-state index contributed by atoms with van der Waals surface area (Å²) in [6, 6.07) is 10.0. The van der Waals surface area contributed by atoms with Crippen molar-refractivity contribution < 1.29 is 23.4 Å². The van der Waals surface area contributed by atoms with Gasteiger partial charge in [-0.2, -0.15) is 0 Å². The van der Waals surface area contributed by atoms with E-state index in [1.165, 1.54) is 27.4 Å². The Labute approximate surface area is 158 Å².